The zero-order valence-corrected chi connectivity index (χ0v) is 25.1. The van der Waals surface area contributed by atoms with Crippen molar-refractivity contribution in [1.82, 2.24) is 0 Å². The lowest BCUT2D eigenvalue weighted by Gasteiger charge is -2.64. The summed E-state index contributed by atoms with van der Waals surface area (Å²) in [6.45, 7) is 10.3. The number of hydrogen-bond acceptors (Lipinski definition) is 8. The van der Waals surface area contributed by atoms with E-state index < -0.39 is 63.6 Å². The summed E-state index contributed by atoms with van der Waals surface area (Å²) < 4.78 is 17.6. The van der Waals surface area contributed by atoms with Crippen LogP contribution in [-0.4, -0.2) is 52.7 Å². The van der Waals surface area contributed by atoms with Crippen LogP contribution in [0.5, 0.6) is 0 Å². The van der Waals surface area contributed by atoms with Gasteiger partial charge in [-0.25, -0.2) is 0 Å². The van der Waals surface area contributed by atoms with Gasteiger partial charge in [-0.15, -0.1) is 11.6 Å². The molecule has 0 heterocycles. The Balaban J connectivity index is 1.88. The van der Waals surface area contributed by atoms with Gasteiger partial charge >= 0.3 is 17.9 Å². The van der Waals surface area contributed by atoms with E-state index in [0.29, 0.717) is 19.3 Å². The quantitative estimate of drug-likeness (QED) is 0.224. The van der Waals surface area contributed by atoms with E-state index in [4.69, 9.17) is 25.8 Å². The number of alkyl halides is 1. The molecular formula is C31H41ClO8. The SMILES string of the molecule is CCC(=O)OCC(=O)[C@]1(OC(=O)CC)[C@H](C)C[C@H]2[C@@H]3CCC4=CC(=O)C=C[C@]4(C)[C@@]3(Cl)[C@@H](OC(=O)CC)C[C@@]21C. The molecule has 40 heavy (non-hydrogen) atoms. The van der Waals surface area contributed by atoms with Gasteiger partial charge in [-0.05, 0) is 49.7 Å². The highest BCUT2D eigenvalue weighted by Crippen LogP contribution is 2.72. The fraction of sp³-hybridized carbons (Fsp3) is 0.710. The maximum atomic E-state index is 14.1. The van der Waals surface area contributed by atoms with E-state index in [1.54, 1.807) is 26.8 Å². The molecule has 0 amide bonds. The second kappa shape index (κ2) is 10.7. The van der Waals surface area contributed by atoms with Crippen LogP contribution in [-0.2, 0) is 38.2 Å². The van der Waals surface area contributed by atoms with E-state index in [-0.39, 0.29) is 43.3 Å². The van der Waals surface area contributed by atoms with Crippen LogP contribution in [0.1, 0.15) is 86.5 Å². The lowest BCUT2D eigenvalue weighted by atomic mass is 9.45. The number of Topliss-reactive ketones (excluding diaryl/α,β-unsaturated/α-hetero) is 1. The molecule has 220 valence electrons. The molecule has 4 aliphatic rings. The van der Waals surface area contributed by atoms with Gasteiger partial charge in [-0.1, -0.05) is 53.2 Å². The molecule has 0 aromatic rings. The van der Waals surface area contributed by atoms with E-state index >= 15 is 0 Å². The zero-order chi connectivity index (χ0) is 29.7. The van der Waals surface area contributed by atoms with Crippen LogP contribution < -0.4 is 0 Å². The van der Waals surface area contributed by atoms with Crippen molar-refractivity contribution in [2.45, 2.75) is 103 Å². The number of ketones is 2. The zero-order valence-electron chi connectivity index (χ0n) is 24.3. The molecule has 0 N–H and O–H groups in total. The molecule has 4 rings (SSSR count). The third-order valence-corrected chi connectivity index (χ3v) is 11.3. The molecule has 8 atom stereocenters. The maximum Gasteiger partial charge on any atom is 0.306 e. The third kappa shape index (κ3) is 4.27. The maximum absolute atomic E-state index is 14.1. The van der Waals surface area contributed by atoms with Crippen LogP contribution in [0.4, 0.5) is 0 Å². The molecule has 3 saturated carbocycles. The molecule has 0 aromatic heterocycles. The molecule has 9 heteroatoms. The van der Waals surface area contributed by atoms with Gasteiger partial charge in [0.05, 0.1) is 4.87 Å². The first-order valence-corrected chi connectivity index (χ1v) is 14.9. The Bertz CT molecular complexity index is 1170. The van der Waals surface area contributed by atoms with Crippen molar-refractivity contribution in [2.75, 3.05) is 6.61 Å². The normalized spacial score (nSPS) is 39.8. The van der Waals surface area contributed by atoms with Gasteiger partial charge in [-0.3, -0.25) is 24.0 Å². The van der Waals surface area contributed by atoms with Crippen molar-refractivity contribution in [3.05, 3.63) is 23.8 Å². The molecular weight excluding hydrogens is 536 g/mol. The number of halogens is 1. The molecule has 4 aliphatic carbocycles. The first kappa shape index (κ1) is 30.5. The third-order valence-electron chi connectivity index (χ3n) is 10.3. The number of hydrogen-bond donors (Lipinski definition) is 0. The second-order valence-electron chi connectivity index (χ2n) is 12.2. The molecule has 0 radical (unpaired) electrons. The number of carbonyl (C=O) groups excluding carboxylic acids is 5. The lowest BCUT2D eigenvalue weighted by Crippen LogP contribution is -2.70. The van der Waals surface area contributed by atoms with Crippen molar-refractivity contribution in [2.24, 2.45) is 28.6 Å². The van der Waals surface area contributed by atoms with Crippen LogP contribution in [0.3, 0.4) is 0 Å². The Kier molecular flexibility index (Phi) is 8.18. The monoisotopic (exact) mass is 576 g/mol. The van der Waals surface area contributed by atoms with Gasteiger partial charge in [0.25, 0.3) is 0 Å². The van der Waals surface area contributed by atoms with Crippen LogP contribution in [0, 0.1) is 28.6 Å². The summed E-state index contributed by atoms with van der Waals surface area (Å²) in [4.78, 5) is 63.1. The van der Waals surface area contributed by atoms with Gasteiger partial charge in [0.1, 0.15) is 6.10 Å². The van der Waals surface area contributed by atoms with Gasteiger partial charge in [0, 0.05) is 36.0 Å². The Morgan fingerprint density at radius 1 is 1.00 bits per heavy atom. The number of ether oxygens (including phenoxy) is 3. The first-order valence-electron chi connectivity index (χ1n) is 14.5. The van der Waals surface area contributed by atoms with E-state index in [0.717, 1.165) is 5.57 Å². The number of allylic oxidation sites excluding steroid dienone is 4. The molecule has 8 nitrogen and oxygen atoms in total. The summed E-state index contributed by atoms with van der Waals surface area (Å²) in [5.74, 6) is -2.83. The highest BCUT2D eigenvalue weighted by atomic mass is 35.5. The molecule has 0 aromatic carbocycles. The summed E-state index contributed by atoms with van der Waals surface area (Å²) in [5.41, 5.74) is -2.41. The van der Waals surface area contributed by atoms with E-state index in [1.165, 1.54) is 6.08 Å². The minimum atomic E-state index is -1.59. The average Bonchev–Trinajstić information content (AvgIpc) is 3.14. The molecule has 0 unspecified atom stereocenters. The first-order chi connectivity index (χ1) is 18.7. The summed E-state index contributed by atoms with van der Waals surface area (Å²) in [6, 6.07) is 0. The molecule has 0 bridgehead atoms. The summed E-state index contributed by atoms with van der Waals surface area (Å²) in [5, 5.41) is 0. The average molecular weight is 577 g/mol. The van der Waals surface area contributed by atoms with Crippen molar-refractivity contribution in [3.8, 4) is 0 Å². The smallest absolute Gasteiger partial charge is 0.306 e. The van der Waals surface area contributed by atoms with Gasteiger partial charge in [0.15, 0.2) is 18.0 Å². The summed E-state index contributed by atoms with van der Waals surface area (Å²) >= 11 is 7.77. The molecule has 0 saturated heterocycles. The number of carbonyl (C=O) groups is 5. The van der Waals surface area contributed by atoms with Gasteiger partial charge in [-0.2, -0.15) is 0 Å². The van der Waals surface area contributed by atoms with E-state index in [1.807, 2.05) is 26.8 Å². The fourth-order valence-corrected chi connectivity index (χ4v) is 8.91. The predicted octanol–water partition coefficient (Wildman–Crippen LogP) is 5.05. The highest BCUT2D eigenvalue weighted by Gasteiger charge is 2.77. The van der Waals surface area contributed by atoms with Gasteiger partial charge in [0.2, 0.25) is 5.78 Å². The molecule has 3 fully saturated rings. The van der Waals surface area contributed by atoms with Gasteiger partial charge < -0.3 is 14.2 Å². The van der Waals surface area contributed by atoms with Crippen LogP contribution in [0.2, 0.25) is 0 Å². The standard InChI is InChI=1S/C31H41ClO8/c1-7-25(35)38-17-23(34)31(40-27(37)9-3)18(4)14-22-21-11-10-19-15-20(33)12-13-28(19,5)30(21,32)24(16-29(22,31)6)39-26(36)8-2/h12-13,15,18,21-22,24H,7-11,14,16-17H2,1-6H3/t18-,21+,22+,24+,28+,29+,30+,31-/m1/s1. The van der Waals surface area contributed by atoms with Crippen molar-refractivity contribution >= 4 is 41.1 Å². The van der Waals surface area contributed by atoms with Crippen molar-refractivity contribution < 1.29 is 38.2 Å². The summed E-state index contributed by atoms with van der Waals surface area (Å²) in [6.07, 6.45) is 6.46. The van der Waals surface area contributed by atoms with E-state index in [9.17, 15) is 24.0 Å². The second-order valence-corrected chi connectivity index (χ2v) is 12.8. The molecule has 0 spiro atoms. The van der Waals surface area contributed by atoms with Crippen LogP contribution in [0.25, 0.3) is 0 Å². The van der Waals surface area contributed by atoms with Crippen LogP contribution in [0.15, 0.2) is 23.8 Å². The largest absolute Gasteiger partial charge is 0.460 e. The Morgan fingerprint density at radius 3 is 2.27 bits per heavy atom. The number of rotatable bonds is 8. The lowest BCUT2D eigenvalue weighted by molar-refractivity contribution is -0.208. The Hall–Kier alpha value is -2.48. The Labute approximate surface area is 241 Å². The number of esters is 3. The molecule has 0 aliphatic heterocycles. The Morgan fingerprint density at radius 2 is 1.65 bits per heavy atom. The van der Waals surface area contributed by atoms with Crippen molar-refractivity contribution in [3.63, 3.8) is 0 Å². The summed E-state index contributed by atoms with van der Waals surface area (Å²) in [7, 11) is 0. The minimum absolute atomic E-state index is 0.0689. The van der Waals surface area contributed by atoms with E-state index in [2.05, 4.69) is 0 Å². The topological polar surface area (TPSA) is 113 Å². The predicted molar refractivity (Wildman–Crippen MR) is 147 cm³/mol. The van der Waals surface area contributed by atoms with Crippen LogP contribution >= 0.6 is 11.6 Å². The fourth-order valence-electron chi connectivity index (χ4n) is 8.34. The van der Waals surface area contributed by atoms with Crippen molar-refractivity contribution in [1.29, 1.82) is 0 Å². The highest BCUT2D eigenvalue weighted by molar-refractivity contribution is 6.26. The minimum Gasteiger partial charge on any atom is -0.460 e. The number of fused-ring (bicyclic) bond motifs is 5.